The van der Waals surface area contributed by atoms with Crippen LogP contribution >= 0.6 is 23.1 Å². The number of carbonyl (C=O) groups is 2. The standard InChI is InChI=1S/C11H16N4O3S2/c16-8(13-7-3-4-7)2-1-5-12-10-14-15-11(20-10)19-6-9(17)18/h7H,1-6H2,(H,12,14)(H,13,16)(H,17,18). The maximum absolute atomic E-state index is 11.4. The molecule has 0 aliphatic heterocycles. The van der Waals surface area contributed by atoms with Crippen molar-refractivity contribution in [2.45, 2.75) is 36.1 Å². The molecule has 110 valence electrons. The van der Waals surface area contributed by atoms with Gasteiger partial charge in [0.2, 0.25) is 11.0 Å². The molecule has 0 saturated heterocycles. The van der Waals surface area contributed by atoms with Crippen molar-refractivity contribution in [2.75, 3.05) is 17.6 Å². The van der Waals surface area contributed by atoms with Crippen LogP contribution in [0.15, 0.2) is 4.34 Å². The molecule has 0 radical (unpaired) electrons. The maximum Gasteiger partial charge on any atom is 0.313 e. The SMILES string of the molecule is O=C(O)CSc1nnc(NCCCC(=O)NC2CC2)s1. The Morgan fingerprint density at radius 1 is 1.40 bits per heavy atom. The van der Waals surface area contributed by atoms with Gasteiger partial charge >= 0.3 is 5.97 Å². The summed E-state index contributed by atoms with van der Waals surface area (Å²) in [6.45, 7) is 0.649. The van der Waals surface area contributed by atoms with Gasteiger partial charge in [-0.15, -0.1) is 10.2 Å². The summed E-state index contributed by atoms with van der Waals surface area (Å²) >= 11 is 2.47. The number of carbonyl (C=O) groups excluding carboxylic acids is 1. The highest BCUT2D eigenvalue weighted by Crippen LogP contribution is 2.25. The molecular formula is C11H16N4O3S2. The molecule has 0 unspecified atom stereocenters. The summed E-state index contributed by atoms with van der Waals surface area (Å²) in [6.07, 6.45) is 3.44. The average Bonchev–Trinajstić information content (AvgIpc) is 3.09. The Morgan fingerprint density at radius 2 is 2.20 bits per heavy atom. The van der Waals surface area contributed by atoms with Crippen molar-refractivity contribution in [1.29, 1.82) is 0 Å². The maximum atomic E-state index is 11.4. The van der Waals surface area contributed by atoms with Crippen LogP contribution in [0.1, 0.15) is 25.7 Å². The number of hydrogen-bond acceptors (Lipinski definition) is 7. The van der Waals surface area contributed by atoms with Crippen LogP contribution in [0.5, 0.6) is 0 Å². The van der Waals surface area contributed by atoms with Crippen LogP contribution < -0.4 is 10.6 Å². The number of amides is 1. The summed E-state index contributed by atoms with van der Waals surface area (Å²) in [5.74, 6) is -0.790. The molecule has 2 rings (SSSR count). The predicted octanol–water partition coefficient (Wildman–Crippen LogP) is 1.19. The Bertz CT molecular complexity index is 476. The van der Waals surface area contributed by atoms with E-state index in [0.29, 0.717) is 28.5 Å². The monoisotopic (exact) mass is 316 g/mol. The molecule has 1 aromatic rings. The highest BCUT2D eigenvalue weighted by molar-refractivity contribution is 8.01. The zero-order valence-corrected chi connectivity index (χ0v) is 12.4. The molecule has 1 fully saturated rings. The molecule has 7 nitrogen and oxygen atoms in total. The number of anilines is 1. The van der Waals surface area contributed by atoms with Gasteiger partial charge in [0.25, 0.3) is 0 Å². The second kappa shape index (κ2) is 7.44. The van der Waals surface area contributed by atoms with E-state index in [2.05, 4.69) is 20.8 Å². The van der Waals surface area contributed by atoms with Crippen molar-refractivity contribution < 1.29 is 14.7 Å². The number of thioether (sulfide) groups is 1. The molecule has 20 heavy (non-hydrogen) atoms. The van der Waals surface area contributed by atoms with Gasteiger partial charge in [-0.2, -0.15) is 0 Å². The molecule has 1 aliphatic rings. The van der Waals surface area contributed by atoms with Crippen LogP contribution in [-0.4, -0.2) is 45.5 Å². The fourth-order valence-corrected chi connectivity index (χ4v) is 2.93. The van der Waals surface area contributed by atoms with Gasteiger partial charge in [0.1, 0.15) is 0 Å². The number of hydrogen-bond donors (Lipinski definition) is 3. The van der Waals surface area contributed by atoms with Crippen molar-refractivity contribution in [3.63, 3.8) is 0 Å². The molecule has 9 heteroatoms. The summed E-state index contributed by atoms with van der Waals surface area (Å²) in [4.78, 5) is 21.9. The van der Waals surface area contributed by atoms with Gasteiger partial charge in [0.05, 0.1) is 5.75 Å². The number of carboxylic acids is 1. The summed E-state index contributed by atoms with van der Waals surface area (Å²) in [7, 11) is 0. The van der Waals surface area contributed by atoms with E-state index in [1.165, 1.54) is 11.3 Å². The zero-order valence-electron chi connectivity index (χ0n) is 10.8. The van der Waals surface area contributed by atoms with E-state index in [1.54, 1.807) is 0 Å². The van der Waals surface area contributed by atoms with Crippen LogP contribution in [0.2, 0.25) is 0 Å². The van der Waals surface area contributed by atoms with Crippen LogP contribution in [-0.2, 0) is 9.59 Å². The molecular weight excluding hydrogens is 300 g/mol. The third-order valence-corrected chi connectivity index (χ3v) is 4.52. The summed E-state index contributed by atoms with van der Waals surface area (Å²) in [6, 6.07) is 0.410. The number of nitrogens with one attached hydrogen (secondary N) is 2. The van der Waals surface area contributed by atoms with Gasteiger partial charge in [0.15, 0.2) is 4.34 Å². The molecule has 1 amide bonds. The van der Waals surface area contributed by atoms with Gasteiger partial charge in [0, 0.05) is 19.0 Å². The van der Waals surface area contributed by atoms with Crippen LogP contribution in [0.25, 0.3) is 0 Å². The van der Waals surface area contributed by atoms with Crippen molar-refractivity contribution in [1.82, 2.24) is 15.5 Å². The Hall–Kier alpha value is -1.35. The Labute approximate surface area is 124 Å². The Balaban J connectivity index is 1.58. The van der Waals surface area contributed by atoms with Crippen molar-refractivity contribution in [2.24, 2.45) is 0 Å². The van der Waals surface area contributed by atoms with Crippen LogP contribution in [0.4, 0.5) is 5.13 Å². The van der Waals surface area contributed by atoms with E-state index in [9.17, 15) is 9.59 Å². The van der Waals surface area contributed by atoms with Crippen molar-refractivity contribution in [3.8, 4) is 0 Å². The zero-order chi connectivity index (χ0) is 14.4. The van der Waals surface area contributed by atoms with Gasteiger partial charge in [-0.05, 0) is 19.3 Å². The van der Waals surface area contributed by atoms with Gasteiger partial charge in [-0.3, -0.25) is 9.59 Å². The quantitative estimate of drug-likeness (QED) is 0.464. The lowest BCUT2D eigenvalue weighted by molar-refractivity contribution is -0.134. The third kappa shape index (κ3) is 5.74. The topological polar surface area (TPSA) is 104 Å². The lowest BCUT2D eigenvalue weighted by Crippen LogP contribution is -2.25. The molecule has 0 aromatic carbocycles. The smallest absolute Gasteiger partial charge is 0.313 e. The summed E-state index contributed by atoms with van der Waals surface area (Å²) < 4.78 is 0.626. The molecule has 0 spiro atoms. The second-order valence-electron chi connectivity index (χ2n) is 4.43. The number of aliphatic carboxylic acids is 1. The molecule has 1 aromatic heterocycles. The Kier molecular flexibility index (Phi) is 5.60. The van der Waals surface area contributed by atoms with E-state index in [-0.39, 0.29) is 11.7 Å². The first-order valence-corrected chi connectivity index (χ1v) is 8.15. The Morgan fingerprint density at radius 3 is 2.90 bits per heavy atom. The number of rotatable bonds is 9. The van der Waals surface area contributed by atoms with E-state index >= 15 is 0 Å². The molecule has 1 heterocycles. The summed E-state index contributed by atoms with van der Waals surface area (Å²) in [5, 5.41) is 23.0. The van der Waals surface area contributed by atoms with Gasteiger partial charge in [-0.25, -0.2) is 0 Å². The minimum absolute atomic E-state index is 0.0179. The van der Waals surface area contributed by atoms with E-state index in [0.717, 1.165) is 31.0 Å². The number of aromatic nitrogens is 2. The molecule has 0 bridgehead atoms. The first-order chi connectivity index (χ1) is 9.63. The highest BCUT2D eigenvalue weighted by Gasteiger charge is 2.22. The fourth-order valence-electron chi connectivity index (χ4n) is 1.43. The molecule has 1 aliphatic carbocycles. The molecule has 0 atom stereocenters. The molecule has 3 N–H and O–H groups in total. The third-order valence-electron chi connectivity index (χ3n) is 2.52. The van der Waals surface area contributed by atoms with Crippen molar-refractivity contribution >= 4 is 40.1 Å². The minimum Gasteiger partial charge on any atom is -0.481 e. The second-order valence-corrected chi connectivity index (χ2v) is 6.63. The molecule has 1 saturated carbocycles. The van der Waals surface area contributed by atoms with Crippen LogP contribution in [0, 0.1) is 0 Å². The lowest BCUT2D eigenvalue weighted by Gasteiger charge is -2.03. The largest absolute Gasteiger partial charge is 0.481 e. The average molecular weight is 316 g/mol. The first kappa shape index (κ1) is 15.0. The summed E-state index contributed by atoms with van der Waals surface area (Å²) in [5.41, 5.74) is 0. The normalized spacial score (nSPS) is 14.0. The first-order valence-electron chi connectivity index (χ1n) is 6.35. The number of carboxylic acid groups (broad SMARTS) is 1. The minimum atomic E-state index is -0.874. The highest BCUT2D eigenvalue weighted by atomic mass is 32.2. The van der Waals surface area contributed by atoms with E-state index < -0.39 is 5.97 Å². The van der Waals surface area contributed by atoms with E-state index in [4.69, 9.17) is 5.11 Å². The van der Waals surface area contributed by atoms with Gasteiger partial charge in [-0.1, -0.05) is 23.1 Å². The lowest BCUT2D eigenvalue weighted by atomic mass is 10.3. The van der Waals surface area contributed by atoms with Crippen molar-refractivity contribution in [3.05, 3.63) is 0 Å². The van der Waals surface area contributed by atoms with Gasteiger partial charge < -0.3 is 15.7 Å². The van der Waals surface area contributed by atoms with E-state index in [1.807, 2.05) is 0 Å². The number of nitrogens with zero attached hydrogens (tertiary/aromatic N) is 2. The predicted molar refractivity (Wildman–Crippen MR) is 77.2 cm³/mol. The fraction of sp³-hybridized carbons (Fsp3) is 0.636. The van der Waals surface area contributed by atoms with Crippen LogP contribution in [0.3, 0.4) is 0 Å².